The van der Waals surface area contributed by atoms with Crippen LogP contribution < -0.4 is 28.0 Å². The quantitative estimate of drug-likeness (QED) is 0.185. The summed E-state index contributed by atoms with van der Waals surface area (Å²) in [5.41, 5.74) is 1.83. The van der Waals surface area contributed by atoms with E-state index in [2.05, 4.69) is 0 Å². The zero-order valence-electron chi connectivity index (χ0n) is 22.3. The van der Waals surface area contributed by atoms with Gasteiger partial charge in [-0.15, -0.1) is 0 Å². The molecule has 43 heavy (non-hydrogen) atoms. The van der Waals surface area contributed by atoms with Gasteiger partial charge in [-0.1, -0.05) is 36.4 Å². The van der Waals surface area contributed by atoms with Crippen LogP contribution in [-0.2, 0) is 12.8 Å². The summed E-state index contributed by atoms with van der Waals surface area (Å²) < 4.78 is 82.3. The predicted octanol–water partition coefficient (Wildman–Crippen LogP) is 1.76. The summed E-state index contributed by atoms with van der Waals surface area (Å²) in [5, 5.41) is 0. The fraction of sp³-hybridized carbons (Fsp3) is 0.0323. The Hall–Kier alpha value is -2.56. The van der Waals surface area contributed by atoms with Gasteiger partial charge in [-0.3, -0.25) is 0 Å². The van der Waals surface area contributed by atoms with Gasteiger partial charge in [-0.2, -0.15) is 14.0 Å². The molecule has 0 bridgehead atoms. The Morgan fingerprint density at radius 1 is 0.465 bits per heavy atom. The van der Waals surface area contributed by atoms with E-state index in [1.807, 2.05) is 24.3 Å². The SMILES string of the molecule is [O-][Cl+3]([O-])([O-])OI(c1ccccc1)c1ccc(Cc2ccc(S(O[Cl+3]([O-])([O-])[O-])(c3ccccc3)c3ccccc3)cc2)cc1. The van der Waals surface area contributed by atoms with Crippen molar-refractivity contribution in [1.82, 2.24) is 0 Å². The molecule has 0 N–H and O–H groups in total. The summed E-state index contributed by atoms with van der Waals surface area (Å²) in [5.74, 6) is 0. The van der Waals surface area contributed by atoms with Crippen molar-refractivity contribution in [3.05, 3.63) is 158 Å². The van der Waals surface area contributed by atoms with Crippen LogP contribution in [0.4, 0.5) is 0 Å². The first-order valence-electron chi connectivity index (χ1n) is 12.6. The van der Waals surface area contributed by atoms with E-state index in [1.54, 1.807) is 115 Å². The summed E-state index contributed by atoms with van der Waals surface area (Å²) in [6.45, 7) is 0. The van der Waals surface area contributed by atoms with Crippen molar-refractivity contribution in [3.8, 4) is 0 Å². The monoisotopic (exact) mass is 754 g/mol. The third-order valence-electron chi connectivity index (χ3n) is 6.16. The number of halogens is 3. The summed E-state index contributed by atoms with van der Waals surface area (Å²) in [7, 11) is -12.3. The zero-order chi connectivity index (χ0) is 30.5. The molecule has 0 aliphatic rings. The molecule has 0 unspecified atom stereocenters. The molecule has 0 atom stereocenters. The van der Waals surface area contributed by atoms with Gasteiger partial charge in [0, 0.05) is 0 Å². The Morgan fingerprint density at radius 3 is 1.30 bits per heavy atom. The average Bonchev–Trinajstić information content (AvgIpc) is 3.00. The Morgan fingerprint density at radius 2 is 0.860 bits per heavy atom. The molecular formula is C31H25Cl2IO8S. The van der Waals surface area contributed by atoms with Gasteiger partial charge in [0.25, 0.3) is 0 Å². The maximum absolute atomic E-state index is 12.1. The van der Waals surface area contributed by atoms with Crippen molar-refractivity contribution >= 4 is 30.5 Å². The van der Waals surface area contributed by atoms with Crippen LogP contribution >= 0.6 is 30.5 Å². The predicted molar refractivity (Wildman–Crippen MR) is 151 cm³/mol. The van der Waals surface area contributed by atoms with Crippen LogP contribution in [0.5, 0.6) is 0 Å². The van der Waals surface area contributed by atoms with Gasteiger partial charge in [-0.05, 0) is 0 Å². The topological polar surface area (TPSA) is 157 Å². The summed E-state index contributed by atoms with van der Waals surface area (Å²) in [6, 6.07) is 40.9. The van der Waals surface area contributed by atoms with E-state index in [1.165, 1.54) is 0 Å². The fourth-order valence-electron chi connectivity index (χ4n) is 4.40. The molecule has 5 aromatic rings. The van der Waals surface area contributed by atoms with Gasteiger partial charge in [0.2, 0.25) is 0 Å². The zero-order valence-corrected chi connectivity index (χ0v) is 26.8. The van der Waals surface area contributed by atoms with Crippen LogP contribution in [0.3, 0.4) is 0 Å². The molecule has 0 amide bonds. The first kappa shape index (κ1) is 31.9. The third-order valence-corrected chi connectivity index (χ3v) is 16.5. The van der Waals surface area contributed by atoms with E-state index in [4.69, 9.17) is 6.35 Å². The van der Waals surface area contributed by atoms with Crippen molar-refractivity contribution in [2.75, 3.05) is 0 Å². The Balaban J connectivity index is 1.45. The molecule has 224 valence electrons. The van der Waals surface area contributed by atoms with E-state index >= 15 is 0 Å². The number of benzene rings is 5. The number of hydrogen-bond donors (Lipinski definition) is 0. The summed E-state index contributed by atoms with van der Waals surface area (Å²) in [6.07, 6.45) is 0.511. The third kappa shape index (κ3) is 8.13. The van der Waals surface area contributed by atoms with Crippen LogP contribution in [-0.4, -0.2) is 0 Å². The molecule has 0 radical (unpaired) electrons. The molecule has 0 heterocycles. The summed E-state index contributed by atoms with van der Waals surface area (Å²) >= 11 is -3.00. The van der Waals surface area contributed by atoms with Gasteiger partial charge in [0.15, 0.2) is 0 Å². The van der Waals surface area contributed by atoms with Crippen LogP contribution in [0.2, 0.25) is 0 Å². The fourth-order valence-corrected chi connectivity index (χ4v) is 14.1. The molecule has 0 aromatic heterocycles. The molecule has 5 aromatic carbocycles. The molecule has 0 saturated heterocycles. The maximum atomic E-state index is 12.1. The van der Waals surface area contributed by atoms with E-state index in [0.717, 1.165) is 11.1 Å². The van der Waals surface area contributed by atoms with Crippen molar-refractivity contribution in [2.45, 2.75) is 21.1 Å². The number of hydrogen-bond acceptors (Lipinski definition) is 8. The van der Waals surface area contributed by atoms with E-state index in [9.17, 15) is 28.0 Å². The van der Waals surface area contributed by atoms with Crippen LogP contribution in [0.25, 0.3) is 0 Å². The second kappa shape index (κ2) is 13.6. The molecule has 0 saturated carbocycles. The van der Waals surface area contributed by atoms with Crippen molar-refractivity contribution < 1.29 is 54.8 Å². The van der Waals surface area contributed by atoms with Crippen molar-refractivity contribution in [2.24, 2.45) is 0 Å². The van der Waals surface area contributed by atoms with Crippen LogP contribution in [0.15, 0.2) is 154 Å². The molecule has 0 aliphatic carbocycles. The Labute approximate surface area is 262 Å². The first-order valence-corrected chi connectivity index (χ1v) is 19.7. The van der Waals surface area contributed by atoms with Crippen LogP contribution in [0.1, 0.15) is 11.1 Å². The van der Waals surface area contributed by atoms with Gasteiger partial charge in [-0.25, -0.2) is 0 Å². The van der Waals surface area contributed by atoms with Gasteiger partial charge in [0.1, 0.15) is 0 Å². The van der Waals surface area contributed by atoms with Gasteiger partial charge < -0.3 is 0 Å². The van der Waals surface area contributed by atoms with Crippen molar-refractivity contribution in [1.29, 1.82) is 0 Å². The Bertz CT molecular complexity index is 1560. The molecule has 8 nitrogen and oxygen atoms in total. The molecule has 0 fully saturated rings. The second-order valence-electron chi connectivity index (χ2n) is 9.05. The first-order chi connectivity index (χ1) is 20.5. The van der Waals surface area contributed by atoms with Gasteiger partial charge >= 0.3 is 214 Å². The van der Waals surface area contributed by atoms with E-state index in [-0.39, 0.29) is 0 Å². The van der Waals surface area contributed by atoms with Crippen LogP contribution in [0, 0.1) is 27.6 Å². The molecular weight excluding hydrogens is 730 g/mol. The standard InChI is InChI=1S/C31H25Cl2IO8S/c35-32(36,37)41-34(27-10-4-1-5-11-27)28-20-16-25(17-21-28)24-26-18-22-31(23-19-26)43(42-33(38,39)40,29-12-6-2-7-13-29)30-14-8-3-9-15-30/h1-23H,24H2. The minimum absolute atomic E-state index is 0.511. The minimum atomic E-state index is -4.78. The molecule has 0 aliphatic heterocycles. The summed E-state index contributed by atoms with van der Waals surface area (Å²) in [4.78, 5) is 1.63. The van der Waals surface area contributed by atoms with E-state index in [0.29, 0.717) is 28.2 Å². The molecule has 0 spiro atoms. The van der Waals surface area contributed by atoms with E-state index < -0.39 is 51.0 Å². The second-order valence-corrected chi connectivity index (χ2v) is 18.6. The average molecular weight is 755 g/mol. The molecule has 12 heteroatoms. The normalized spacial score (nSPS) is 13.0. The van der Waals surface area contributed by atoms with Gasteiger partial charge in [0.05, 0.1) is 0 Å². The molecule has 5 rings (SSSR count). The Kier molecular flexibility index (Phi) is 10.1. The van der Waals surface area contributed by atoms with Crippen molar-refractivity contribution in [3.63, 3.8) is 0 Å². The number of rotatable bonds is 11.